The number of aromatic carboxylic acids is 1. The number of aryl methyl sites for hydroxylation is 1. The van der Waals surface area contributed by atoms with Crippen LogP contribution in [0.3, 0.4) is 0 Å². The molecule has 0 aliphatic carbocycles. The molecule has 0 saturated heterocycles. The molecule has 1 N–H and O–H groups in total. The molecule has 0 aliphatic rings. The molecule has 0 bridgehead atoms. The van der Waals surface area contributed by atoms with Crippen LogP contribution in [0.1, 0.15) is 28.5 Å². The van der Waals surface area contributed by atoms with Crippen molar-refractivity contribution in [2.75, 3.05) is 0 Å². The van der Waals surface area contributed by atoms with Crippen LogP contribution in [0.5, 0.6) is 0 Å². The second-order valence-corrected chi connectivity index (χ2v) is 5.23. The standard InChI is InChI=1S/C16H15FN2O2.C4H6/c1-10-7-12(9-13(8-10)16(20)21)15-18-6-5-14(19-15)4-3-11(2)17;1-3-4-2/h3,5-9H,4H2,1-2H3,(H,20,21);3-4H,1-2H2/b11-3+;. The number of carboxylic acid groups (broad SMARTS) is 1. The lowest BCUT2D eigenvalue weighted by molar-refractivity contribution is 0.0697. The molecular weight excluding hydrogens is 319 g/mol. The van der Waals surface area contributed by atoms with Crippen LogP contribution in [-0.2, 0) is 6.42 Å². The Kier molecular flexibility index (Phi) is 7.93. The minimum absolute atomic E-state index is 0.193. The van der Waals surface area contributed by atoms with E-state index in [4.69, 9.17) is 5.11 Å². The lowest BCUT2D eigenvalue weighted by Crippen LogP contribution is -1.99. The maximum atomic E-state index is 12.8. The van der Waals surface area contributed by atoms with E-state index in [2.05, 4.69) is 23.1 Å². The van der Waals surface area contributed by atoms with Gasteiger partial charge < -0.3 is 5.11 Å². The number of hydrogen-bond donors (Lipinski definition) is 1. The summed E-state index contributed by atoms with van der Waals surface area (Å²) in [4.78, 5) is 19.6. The molecule has 0 saturated carbocycles. The van der Waals surface area contributed by atoms with E-state index in [1.165, 1.54) is 19.1 Å². The molecule has 0 aliphatic heterocycles. The second-order valence-electron chi connectivity index (χ2n) is 5.23. The summed E-state index contributed by atoms with van der Waals surface area (Å²) >= 11 is 0. The summed E-state index contributed by atoms with van der Waals surface area (Å²) < 4.78 is 12.8. The predicted molar refractivity (Wildman–Crippen MR) is 98.1 cm³/mol. The fraction of sp³-hybridized carbons (Fsp3) is 0.150. The number of rotatable bonds is 5. The molecule has 1 heterocycles. The van der Waals surface area contributed by atoms with Crippen molar-refractivity contribution in [3.05, 3.63) is 84.5 Å². The van der Waals surface area contributed by atoms with Crippen LogP contribution in [0.2, 0.25) is 0 Å². The Morgan fingerprint density at radius 1 is 1.28 bits per heavy atom. The van der Waals surface area contributed by atoms with Gasteiger partial charge >= 0.3 is 5.97 Å². The molecule has 2 rings (SSSR count). The van der Waals surface area contributed by atoms with Gasteiger partial charge in [-0.2, -0.15) is 0 Å². The van der Waals surface area contributed by atoms with Crippen molar-refractivity contribution in [3.63, 3.8) is 0 Å². The van der Waals surface area contributed by atoms with Crippen molar-refractivity contribution in [1.82, 2.24) is 9.97 Å². The van der Waals surface area contributed by atoms with Gasteiger partial charge in [0.1, 0.15) is 0 Å². The maximum Gasteiger partial charge on any atom is 0.335 e. The Balaban J connectivity index is 0.000000705. The summed E-state index contributed by atoms with van der Waals surface area (Å²) in [5, 5.41) is 9.09. The normalized spacial score (nSPS) is 10.4. The van der Waals surface area contributed by atoms with Gasteiger partial charge in [-0.25, -0.2) is 19.2 Å². The lowest BCUT2D eigenvalue weighted by Gasteiger charge is -2.05. The highest BCUT2D eigenvalue weighted by Gasteiger charge is 2.09. The van der Waals surface area contributed by atoms with Crippen LogP contribution in [-0.4, -0.2) is 21.0 Å². The topological polar surface area (TPSA) is 63.1 Å². The van der Waals surface area contributed by atoms with Gasteiger partial charge in [0.2, 0.25) is 0 Å². The van der Waals surface area contributed by atoms with E-state index < -0.39 is 5.97 Å². The zero-order valence-electron chi connectivity index (χ0n) is 14.4. The minimum Gasteiger partial charge on any atom is -0.478 e. The van der Waals surface area contributed by atoms with Crippen molar-refractivity contribution < 1.29 is 14.3 Å². The van der Waals surface area contributed by atoms with Crippen molar-refractivity contribution in [2.45, 2.75) is 20.3 Å². The van der Waals surface area contributed by atoms with Crippen LogP contribution < -0.4 is 0 Å². The highest BCUT2D eigenvalue weighted by molar-refractivity contribution is 5.89. The zero-order chi connectivity index (χ0) is 18.8. The van der Waals surface area contributed by atoms with Crippen LogP contribution >= 0.6 is 0 Å². The van der Waals surface area contributed by atoms with Crippen molar-refractivity contribution >= 4 is 5.97 Å². The van der Waals surface area contributed by atoms with Gasteiger partial charge in [0.25, 0.3) is 0 Å². The largest absolute Gasteiger partial charge is 0.478 e. The second kappa shape index (κ2) is 9.93. The molecule has 0 amide bonds. The maximum absolute atomic E-state index is 12.8. The SMILES string of the molecule is C/C(F)=C\Cc1ccnc(-c2cc(C)cc(C(=O)O)c2)n1.C=CC=C. The Hall–Kier alpha value is -3.08. The summed E-state index contributed by atoms with van der Waals surface area (Å²) in [6, 6.07) is 6.65. The fourth-order valence-electron chi connectivity index (χ4n) is 1.93. The molecule has 0 spiro atoms. The molecule has 1 aromatic heterocycles. The molecule has 130 valence electrons. The number of carbonyl (C=O) groups is 1. The van der Waals surface area contributed by atoms with Gasteiger partial charge in [0.05, 0.1) is 11.4 Å². The Labute approximate surface area is 147 Å². The zero-order valence-corrected chi connectivity index (χ0v) is 14.4. The molecule has 0 fully saturated rings. The van der Waals surface area contributed by atoms with E-state index in [-0.39, 0.29) is 11.4 Å². The first-order chi connectivity index (χ1) is 11.9. The van der Waals surface area contributed by atoms with E-state index in [9.17, 15) is 9.18 Å². The molecule has 5 heteroatoms. The van der Waals surface area contributed by atoms with E-state index in [1.807, 2.05) is 13.0 Å². The van der Waals surface area contributed by atoms with Crippen molar-refractivity contribution in [2.24, 2.45) is 0 Å². The molecule has 0 radical (unpaired) electrons. The van der Waals surface area contributed by atoms with Gasteiger partial charge in [0.15, 0.2) is 5.82 Å². The minimum atomic E-state index is -0.993. The molecule has 25 heavy (non-hydrogen) atoms. The smallest absolute Gasteiger partial charge is 0.335 e. The number of carboxylic acids is 1. The fourth-order valence-corrected chi connectivity index (χ4v) is 1.93. The van der Waals surface area contributed by atoms with Crippen molar-refractivity contribution in [3.8, 4) is 11.4 Å². The van der Waals surface area contributed by atoms with Gasteiger partial charge in [-0.3, -0.25) is 0 Å². The number of halogens is 1. The number of benzene rings is 1. The first-order valence-corrected chi connectivity index (χ1v) is 7.60. The van der Waals surface area contributed by atoms with Crippen LogP contribution in [0.15, 0.2) is 67.7 Å². The summed E-state index contributed by atoms with van der Waals surface area (Å²) in [7, 11) is 0. The average Bonchev–Trinajstić information content (AvgIpc) is 2.60. The van der Waals surface area contributed by atoms with E-state index in [0.29, 0.717) is 23.5 Å². The first kappa shape index (κ1) is 20.0. The Bertz CT molecular complexity index is 788. The summed E-state index contributed by atoms with van der Waals surface area (Å²) in [5.41, 5.74) is 2.32. The Morgan fingerprint density at radius 2 is 1.96 bits per heavy atom. The van der Waals surface area contributed by atoms with E-state index >= 15 is 0 Å². The third-order valence-corrected chi connectivity index (χ3v) is 3.05. The molecule has 0 atom stereocenters. The van der Waals surface area contributed by atoms with Crippen LogP contribution in [0, 0.1) is 6.92 Å². The van der Waals surface area contributed by atoms with Crippen LogP contribution in [0.4, 0.5) is 4.39 Å². The van der Waals surface area contributed by atoms with E-state index in [0.717, 1.165) is 5.56 Å². The molecule has 0 unspecified atom stereocenters. The number of allylic oxidation sites excluding steroid dienone is 4. The third-order valence-electron chi connectivity index (χ3n) is 3.05. The summed E-state index contributed by atoms with van der Waals surface area (Å²) in [5.74, 6) is -0.824. The first-order valence-electron chi connectivity index (χ1n) is 7.60. The average molecular weight is 340 g/mol. The number of aromatic nitrogens is 2. The molecular formula is C20H21FN2O2. The van der Waals surface area contributed by atoms with E-state index in [1.54, 1.807) is 30.5 Å². The van der Waals surface area contributed by atoms with Gasteiger partial charge in [0, 0.05) is 23.9 Å². The molecule has 2 aromatic rings. The van der Waals surface area contributed by atoms with Gasteiger partial charge in [-0.1, -0.05) is 25.3 Å². The highest BCUT2D eigenvalue weighted by Crippen LogP contribution is 2.19. The van der Waals surface area contributed by atoms with Gasteiger partial charge in [-0.05, 0) is 49.8 Å². The quantitative estimate of drug-likeness (QED) is 0.784. The summed E-state index contributed by atoms with van der Waals surface area (Å²) in [6.45, 7) is 9.91. The van der Waals surface area contributed by atoms with Gasteiger partial charge in [-0.15, -0.1) is 0 Å². The third kappa shape index (κ3) is 6.91. The molecule has 1 aromatic carbocycles. The number of hydrogen-bond acceptors (Lipinski definition) is 3. The predicted octanol–water partition coefficient (Wildman–Crippen LogP) is 4.92. The number of nitrogens with zero attached hydrogens (tertiary/aromatic N) is 2. The lowest BCUT2D eigenvalue weighted by atomic mass is 10.1. The Morgan fingerprint density at radius 3 is 2.52 bits per heavy atom. The van der Waals surface area contributed by atoms with Crippen LogP contribution in [0.25, 0.3) is 11.4 Å². The monoisotopic (exact) mass is 340 g/mol. The highest BCUT2D eigenvalue weighted by atomic mass is 19.1. The molecule has 4 nitrogen and oxygen atoms in total. The van der Waals surface area contributed by atoms with Crippen molar-refractivity contribution in [1.29, 1.82) is 0 Å². The summed E-state index contributed by atoms with van der Waals surface area (Å²) in [6.07, 6.45) is 6.67.